The van der Waals surface area contributed by atoms with Crippen LogP contribution in [0.3, 0.4) is 0 Å². The molecule has 0 spiro atoms. The van der Waals surface area contributed by atoms with Crippen molar-refractivity contribution in [2.24, 2.45) is 0 Å². The summed E-state index contributed by atoms with van der Waals surface area (Å²) in [7, 11) is 0. The van der Waals surface area contributed by atoms with Crippen LogP contribution in [-0.4, -0.2) is 17.2 Å². The third kappa shape index (κ3) is 4.02. The maximum Gasteiger partial charge on any atom is 0.0992 e. The highest BCUT2D eigenvalue weighted by Gasteiger charge is 2.24. The Morgan fingerprint density at radius 1 is 1.07 bits per heavy atom. The normalized spacial score (nSPS) is 16.1. The summed E-state index contributed by atoms with van der Waals surface area (Å²) in [5, 5.41) is 13.6. The first-order valence-corrected chi connectivity index (χ1v) is 5.34. The molecule has 0 bridgehead atoms. The standard InChI is InChI=1S/C13H21NO/c1-12(2,3)14-10-13(4,15)11-8-6-5-7-9-11/h5-9,14-15H,10H2,1-4H3/t13-/m1/s1. The number of hydrogen-bond acceptors (Lipinski definition) is 2. The summed E-state index contributed by atoms with van der Waals surface area (Å²) in [6.45, 7) is 8.66. The van der Waals surface area contributed by atoms with E-state index in [1.165, 1.54) is 0 Å². The third-order valence-corrected chi connectivity index (χ3v) is 2.36. The van der Waals surface area contributed by atoms with Crippen molar-refractivity contribution in [2.45, 2.75) is 38.8 Å². The molecule has 2 heteroatoms. The van der Waals surface area contributed by atoms with Crippen molar-refractivity contribution in [3.63, 3.8) is 0 Å². The maximum absolute atomic E-state index is 10.3. The number of benzene rings is 1. The van der Waals surface area contributed by atoms with Gasteiger partial charge in [-0.1, -0.05) is 30.3 Å². The van der Waals surface area contributed by atoms with E-state index in [1.54, 1.807) is 0 Å². The van der Waals surface area contributed by atoms with Crippen molar-refractivity contribution < 1.29 is 5.11 Å². The number of β-amino-alcohol motifs (C(OH)–C–C–N with tert-alkyl or cyclic N) is 1. The lowest BCUT2D eigenvalue weighted by atomic mass is 9.95. The molecule has 84 valence electrons. The van der Waals surface area contributed by atoms with Crippen LogP contribution in [0.15, 0.2) is 30.3 Å². The van der Waals surface area contributed by atoms with E-state index in [9.17, 15) is 5.11 Å². The van der Waals surface area contributed by atoms with Gasteiger partial charge in [0.2, 0.25) is 0 Å². The fraction of sp³-hybridized carbons (Fsp3) is 0.538. The summed E-state index contributed by atoms with van der Waals surface area (Å²) in [5.41, 5.74) is 0.162. The van der Waals surface area contributed by atoms with Gasteiger partial charge in [0.15, 0.2) is 0 Å². The second-order valence-corrected chi connectivity index (χ2v) is 5.24. The van der Waals surface area contributed by atoms with Crippen LogP contribution in [0.4, 0.5) is 0 Å². The minimum absolute atomic E-state index is 0.0266. The van der Waals surface area contributed by atoms with Crippen molar-refractivity contribution in [1.82, 2.24) is 5.32 Å². The Kier molecular flexibility index (Phi) is 3.53. The van der Waals surface area contributed by atoms with Crippen LogP contribution in [0.2, 0.25) is 0 Å². The zero-order chi connectivity index (χ0) is 11.5. The van der Waals surface area contributed by atoms with Crippen molar-refractivity contribution in [2.75, 3.05) is 6.54 Å². The molecule has 0 radical (unpaired) electrons. The summed E-state index contributed by atoms with van der Waals surface area (Å²) in [6, 6.07) is 9.74. The van der Waals surface area contributed by atoms with Gasteiger partial charge in [-0.05, 0) is 33.3 Å². The number of nitrogens with one attached hydrogen (secondary N) is 1. The van der Waals surface area contributed by atoms with Crippen molar-refractivity contribution in [1.29, 1.82) is 0 Å². The van der Waals surface area contributed by atoms with E-state index in [1.807, 2.05) is 37.3 Å². The molecule has 0 saturated carbocycles. The third-order valence-electron chi connectivity index (χ3n) is 2.36. The quantitative estimate of drug-likeness (QED) is 0.797. The van der Waals surface area contributed by atoms with Crippen molar-refractivity contribution >= 4 is 0 Å². The highest BCUT2D eigenvalue weighted by Crippen LogP contribution is 2.19. The number of rotatable bonds is 3. The molecule has 0 heterocycles. The van der Waals surface area contributed by atoms with Crippen LogP contribution < -0.4 is 5.32 Å². The first kappa shape index (κ1) is 12.2. The van der Waals surface area contributed by atoms with Gasteiger partial charge in [-0.25, -0.2) is 0 Å². The van der Waals surface area contributed by atoms with E-state index in [-0.39, 0.29) is 5.54 Å². The molecule has 0 aliphatic rings. The molecule has 2 nitrogen and oxygen atoms in total. The molecule has 1 aromatic carbocycles. The summed E-state index contributed by atoms with van der Waals surface area (Å²) in [4.78, 5) is 0. The van der Waals surface area contributed by atoms with Gasteiger partial charge in [0.05, 0.1) is 5.60 Å². The van der Waals surface area contributed by atoms with Crippen molar-refractivity contribution in [3.05, 3.63) is 35.9 Å². The fourth-order valence-corrected chi connectivity index (χ4v) is 1.34. The lowest BCUT2D eigenvalue weighted by Crippen LogP contribution is -2.44. The highest BCUT2D eigenvalue weighted by atomic mass is 16.3. The Morgan fingerprint density at radius 2 is 1.60 bits per heavy atom. The molecule has 0 unspecified atom stereocenters. The average Bonchev–Trinajstić information content (AvgIpc) is 2.16. The molecule has 0 aromatic heterocycles. The predicted molar refractivity (Wildman–Crippen MR) is 63.8 cm³/mol. The van der Waals surface area contributed by atoms with Crippen LogP contribution >= 0.6 is 0 Å². The number of aliphatic hydroxyl groups is 1. The fourth-order valence-electron chi connectivity index (χ4n) is 1.34. The Hall–Kier alpha value is -0.860. The molecule has 0 aliphatic heterocycles. The smallest absolute Gasteiger partial charge is 0.0992 e. The lowest BCUT2D eigenvalue weighted by Gasteiger charge is -2.29. The monoisotopic (exact) mass is 207 g/mol. The lowest BCUT2D eigenvalue weighted by molar-refractivity contribution is 0.0502. The van der Waals surface area contributed by atoms with Gasteiger partial charge in [-0.2, -0.15) is 0 Å². The highest BCUT2D eigenvalue weighted by molar-refractivity contribution is 5.21. The van der Waals surface area contributed by atoms with Gasteiger partial charge in [0.25, 0.3) is 0 Å². The molecule has 0 fully saturated rings. The first-order chi connectivity index (χ1) is 6.81. The second kappa shape index (κ2) is 4.33. The Balaban J connectivity index is 2.68. The maximum atomic E-state index is 10.3. The molecule has 0 amide bonds. The molecule has 1 aromatic rings. The van der Waals surface area contributed by atoms with Crippen LogP contribution in [-0.2, 0) is 5.60 Å². The van der Waals surface area contributed by atoms with Crippen LogP contribution in [0, 0.1) is 0 Å². The van der Waals surface area contributed by atoms with E-state index in [4.69, 9.17) is 0 Å². The molecule has 1 rings (SSSR count). The van der Waals surface area contributed by atoms with Crippen LogP contribution in [0.5, 0.6) is 0 Å². The average molecular weight is 207 g/mol. The largest absolute Gasteiger partial charge is 0.384 e. The predicted octanol–water partition coefficient (Wildman–Crippen LogP) is 2.28. The molecule has 0 saturated heterocycles. The van der Waals surface area contributed by atoms with E-state index >= 15 is 0 Å². The Bertz CT molecular complexity index is 298. The minimum Gasteiger partial charge on any atom is -0.384 e. The Labute approximate surface area is 92.3 Å². The van der Waals surface area contributed by atoms with Gasteiger partial charge < -0.3 is 10.4 Å². The summed E-state index contributed by atoms with van der Waals surface area (Å²) >= 11 is 0. The van der Waals surface area contributed by atoms with E-state index in [2.05, 4.69) is 26.1 Å². The van der Waals surface area contributed by atoms with Crippen molar-refractivity contribution in [3.8, 4) is 0 Å². The van der Waals surface area contributed by atoms with Gasteiger partial charge in [-0.3, -0.25) is 0 Å². The Morgan fingerprint density at radius 3 is 2.07 bits per heavy atom. The summed E-state index contributed by atoms with van der Waals surface area (Å²) in [6.07, 6.45) is 0. The minimum atomic E-state index is -0.811. The molecule has 15 heavy (non-hydrogen) atoms. The van der Waals surface area contributed by atoms with Gasteiger partial charge in [-0.15, -0.1) is 0 Å². The summed E-state index contributed by atoms with van der Waals surface area (Å²) < 4.78 is 0. The van der Waals surface area contributed by atoms with E-state index in [0.717, 1.165) is 5.56 Å². The molecular weight excluding hydrogens is 186 g/mol. The summed E-state index contributed by atoms with van der Waals surface area (Å²) in [5.74, 6) is 0. The van der Waals surface area contributed by atoms with E-state index in [0.29, 0.717) is 6.54 Å². The first-order valence-electron chi connectivity index (χ1n) is 5.34. The van der Waals surface area contributed by atoms with E-state index < -0.39 is 5.60 Å². The van der Waals surface area contributed by atoms with Crippen LogP contribution in [0.25, 0.3) is 0 Å². The molecule has 1 atom stereocenters. The second-order valence-electron chi connectivity index (χ2n) is 5.24. The number of hydrogen-bond donors (Lipinski definition) is 2. The topological polar surface area (TPSA) is 32.3 Å². The SMILES string of the molecule is CC(C)(C)NC[C@@](C)(O)c1ccccc1. The van der Waals surface area contributed by atoms with Gasteiger partial charge in [0.1, 0.15) is 0 Å². The van der Waals surface area contributed by atoms with Crippen LogP contribution in [0.1, 0.15) is 33.3 Å². The zero-order valence-electron chi connectivity index (χ0n) is 10.0. The van der Waals surface area contributed by atoms with Gasteiger partial charge in [0, 0.05) is 12.1 Å². The molecule has 2 N–H and O–H groups in total. The zero-order valence-corrected chi connectivity index (χ0v) is 10.0. The molecular formula is C13H21NO. The van der Waals surface area contributed by atoms with Gasteiger partial charge >= 0.3 is 0 Å². The molecule has 0 aliphatic carbocycles.